The van der Waals surface area contributed by atoms with Crippen LogP contribution in [0.5, 0.6) is 5.75 Å². The molecule has 1 N–H and O–H groups in total. The number of hydrogen-bond donors (Lipinski definition) is 1. The van der Waals surface area contributed by atoms with Crippen molar-refractivity contribution in [2.45, 2.75) is 18.3 Å². The van der Waals surface area contributed by atoms with E-state index in [0.717, 1.165) is 5.56 Å². The summed E-state index contributed by atoms with van der Waals surface area (Å²) in [6, 6.07) is 16.4. The zero-order chi connectivity index (χ0) is 18.4. The van der Waals surface area contributed by atoms with Gasteiger partial charge >= 0.3 is 0 Å². The summed E-state index contributed by atoms with van der Waals surface area (Å²) in [7, 11) is 0. The maximum Gasteiger partial charge on any atom is 0.276 e. The monoisotopic (exact) mass is 370 g/mol. The molecular weight excluding hydrogens is 352 g/mol. The van der Waals surface area contributed by atoms with Crippen molar-refractivity contribution in [1.82, 2.24) is 10.2 Å². The van der Waals surface area contributed by atoms with Gasteiger partial charge < -0.3 is 14.3 Å². The molecule has 0 bridgehead atoms. The number of aromatic nitrogens is 2. The average molecular weight is 370 g/mol. The summed E-state index contributed by atoms with van der Waals surface area (Å²) in [6.07, 6.45) is -0.715. The number of rotatable bonds is 8. The van der Waals surface area contributed by atoms with Crippen LogP contribution in [0, 0.1) is 0 Å². The minimum Gasteiger partial charge on any atom is -0.491 e. The molecule has 1 atom stereocenters. The molecule has 0 aliphatic carbocycles. The van der Waals surface area contributed by atoms with Crippen molar-refractivity contribution in [2.24, 2.45) is 0 Å². The number of aliphatic hydroxyl groups is 1. The highest BCUT2D eigenvalue weighted by Gasteiger charge is 2.12. The molecule has 0 aliphatic rings. The topological polar surface area (TPSA) is 85.5 Å². The summed E-state index contributed by atoms with van der Waals surface area (Å²) in [5, 5.41) is 18.4. The molecule has 0 unspecified atom stereocenters. The SMILES string of the molecule is CC(=O)c1cccc(OC[C@H](O)CSc2nnc(-c3ccccc3)o2)c1. The van der Waals surface area contributed by atoms with E-state index in [1.807, 2.05) is 30.3 Å². The highest BCUT2D eigenvalue weighted by Crippen LogP contribution is 2.23. The van der Waals surface area contributed by atoms with Crippen LogP contribution in [0.2, 0.25) is 0 Å². The van der Waals surface area contributed by atoms with Crippen molar-refractivity contribution in [2.75, 3.05) is 12.4 Å². The number of ether oxygens (including phenoxy) is 1. The van der Waals surface area contributed by atoms with Gasteiger partial charge in [-0.1, -0.05) is 42.1 Å². The number of Topliss-reactive ketones (excluding diaryl/α,β-unsaturated/α-hetero) is 1. The van der Waals surface area contributed by atoms with Crippen molar-refractivity contribution in [1.29, 1.82) is 0 Å². The van der Waals surface area contributed by atoms with Crippen molar-refractivity contribution in [3.05, 3.63) is 60.2 Å². The van der Waals surface area contributed by atoms with E-state index in [1.165, 1.54) is 18.7 Å². The Morgan fingerprint density at radius 1 is 1.19 bits per heavy atom. The lowest BCUT2D eigenvalue weighted by Crippen LogP contribution is -2.20. The Bertz CT molecular complexity index is 867. The number of benzene rings is 2. The van der Waals surface area contributed by atoms with Gasteiger partial charge in [0.15, 0.2) is 5.78 Å². The number of carbonyl (C=O) groups excluding carboxylic acids is 1. The second kappa shape index (κ2) is 8.64. The molecule has 0 amide bonds. The maximum absolute atomic E-state index is 11.4. The predicted molar refractivity (Wildman–Crippen MR) is 98.4 cm³/mol. The molecule has 6 nitrogen and oxygen atoms in total. The first-order valence-corrected chi connectivity index (χ1v) is 9.04. The number of thioether (sulfide) groups is 1. The first-order chi connectivity index (χ1) is 12.6. The maximum atomic E-state index is 11.4. The van der Waals surface area contributed by atoms with Gasteiger partial charge in [0.1, 0.15) is 12.4 Å². The Balaban J connectivity index is 1.49. The Hall–Kier alpha value is -2.64. The summed E-state index contributed by atoms with van der Waals surface area (Å²) >= 11 is 1.26. The Labute approximate surface area is 155 Å². The van der Waals surface area contributed by atoms with Crippen LogP contribution in [0.3, 0.4) is 0 Å². The fourth-order valence-corrected chi connectivity index (χ4v) is 2.85. The molecule has 0 fully saturated rings. The lowest BCUT2D eigenvalue weighted by molar-refractivity contribution is 0.101. The number of aliphatic hydroxyl groups excluding tert-OH is 1. The van der Waals surface area contributed by atoms with Gasteiger partial charge in [0.05, 0.1) is 6.10 Å². The first-order valence-electron chi connectivity index (χ1n) is 8.05. The molecule has 0 saturated carbocycles. The van der Waals surface area contributed by atoms with Gasteiger partial charge in [0.25, 0.3) is 5.22 Å². The molecule has 0 radical (unpaired) electrons. The van der Waals surface area contributed by atoms with Crippen LogP contribution in [0.15, 0.2) is 64.2 Å². The van der Waals surface area contributed by atoms with Crippen LogP contribution < -0.4 is 4.74 Å². The zero-order valence-corrected chi connectivity index (χ0v) is 15.0. The Morgan fingerprint density at radius 3 is 2.77 bits per heavy atom. The normalized spacial score (nSPS) is 11.9. The van der Waals surface area contributed by atoms with Crippen molar-refractivity contribution >= 4 is 17.5 Å². The minimum atomic E-state index is -0.715. The van der Waals surface area contributed by atoms with Gasteiger partial charge in [-0.3, -0.25) is 4.79 Å². The molecule has 2 aromatic carbocycles. The fourth-order valence-electron chi connectivity index (χ4n) is 2.18. The number of hydrogen-bond acceptors (Lipinski definition) is 7. The van der Waals surface area contributed by atoms with E-state index in [2.05, 4.69) is 10.2 Å². The van der Waals surface area contributed by atoms with Gasteiger partial charge in [-0.05, 0) is 31.2 Å². The number of nitrogens with zero attached hydrogens (tertiary/aromatic N) is 2. The Morgan fingerprint density at radius 2 is 2.00 bits per heavy atom. The second-order valence-corrected chi connectivity index (χ2v) is 6.57. The molecular formula is C19H18N2O4S. The lowest BCUT2D eigenvalue weighted by Gasteiger charge is -2.11. The summed E-state index contributed by atoms with van der Waals surface area (Å²) in [4.78, 5) is 11.4. The average Bonchev–Trinajstić information content (AvgIpc) is 3.15. The number of ketones is 1. The van der Waals surface area contributed by atoms with E-state index in [-0.39, 0.29) is 12.4 Å². The lowest BCUT2D eigenvalue weighted by atomic mass is 10.1. The molecule has 3 rings (SSSR count). The third-order valence-corrected chi connectivity index (χ3v) is 4.47. The van der Waals surface area contributed by atoms with Gasteiger partial charge in [-0.2, -0.15) is 0 Å². The summed E-state index contributed by atoms with van der Waals surface area (Å²) < 4.78 is 11.1. The molecule has 0 aliphatic heterocycles. The number of carbonyl (C=O) groups is 1. The predicted octanol–water partition coefficient (Wildman–Crippen LogP) is 3.47. The first kappa shape index (κ1) is 18.2. The molecule has 3 aromatic rings. The van der Waals surface area contributed by atoms with Crippen molar-refractivity contribution in [3.8, 4) is 17.2 Å². The van der Waals surface area contributed by atoms with Crippen LogP contribution in [0.1, 0.15) is 17.3 Å². The molecule has 1 aromatic heterocycles. The Kier molecular flexibility index (Phi) is 6.04. The molecule has 7 heteroatoms. The van der Waals surface area contributed by atoms with E-state index >= 15 is 0 Å². The summed E-state index contributed by atoms with van der Waals surface area (Å²) in [5.41, 5.74) is 1.42. The van der Waals surface area contributed by atoms with E-state index in [4.69, 9.17) is 9.15 Å². The van der Waals surface area contributed by atoms with Crippen molar-refractivity contribution < 1.29 is 19.1 Å². The summed E-state index contributed by atoms with van der Waals surface area (Å²) in [6.45, 7) is 1.60. The fraction of sp³-hybridized carbons (Fsp3) is 0.211. The molecule has 26 heavy (non-hydrogen) atoms. The standard InChI is InChI=1S/C19H18N2O4S/c1-13(22)15-8-5-9-17(10-15)24-11-16(23)12-26-19-21-20-18(25-19)14-6-3-2-4-7-14/h2-10,16,23H,11-12H2,1H3/t16-/m0/s1. The largest absolute Gasteiger partial charge is 0.491 e. The highest BCUT2D eigenvalue weighted by atomic mass is 32.2. The zero-order valence-electron chi connectivity index (χ0n) is 14.2. The van der Waals surface area contributed by atoms with Gasteiger partial charge in [0, 0.05) is 16.9 Å². The van der Waals surface area contributed by atoms with Gasteiger partial charge in [-0.25, -0.2) is 0 Å². The van der Waals surface area contributed by atoms with Crippen LogP contribution in [-0.2, 0) is 0 Å². The molecule has 0 saturated heterocycles. The molecule has 1 heterocycles. The van der Waals surface area contributed by atoms with E-state index in [9.17, 15) is 9.90 Å². The van der Waals surface area contributed by atoms with Crippen LogP contribution in [-0.4, -0.2) is 39.6 Å². The molecule has 134 valence electrons. The quantitative estimate of drug-likeness (QED) is 0.480. The van der Waals surface area contributed by atoms with E-state index < -0.39 is 6.10 Å². The third-order valence-electron chi connectivity index (χ3n) is 3.51. The highest BCUT2D eigenvalue weighted by molar-refractivity contribution is 7.99. The molecule has 0 spiro atoms. The van der Waals surface area contributed by atoms with Crippen LogP contribution in [0.25, 0.3) is 11.5 Å². The smallest absolute Gasteiger partial charge is 0.276 e. The van der Waals surface area contributed by atoms with Gasteiger partial charge in [0.2, 0.25) is 5.89 Å². The summed E-state index contributed by atoms with van der Waals surface area (Å²) in [5.74, 6) is 1.31. The third kappa shape index (κ3) is 4.93. The van der Waals surface area contributed by atoms with E-state index in [1.54, 1.807) is 24.3 Å². The van der Waals surface area contributed by atoms with E-state index in [0.29, 0.717) is 28.2 Å². The van der Waals surface area contributed by atoms with Gasteiger partial charge in [-0.15, -0.1) is 10.2 Å². The van der Waals surface area contributed by atoms with Crippen molar-refractivity contribution in [3.63, 3.8) is 0 Å². The second-order valence-electron chi connectivity index (χ2n) is 5.60. The minimum absolute atomic E-state index is 0.0304. The van der Waals surface area contributed by atoms with Crippen LogP contribution in [0.4, 0.5) is 0 Å². The van der Waals surface area contributed by atoms with Crippen LogP contribution >= 0.6 is 11.8 Å².